The number of carbonyl (C=O) groups is 1. The van der Waals surface area contributed by atoms with Gasteiger partial charge in [0.1, 0.15) is 0 Å². The van der Waals surface area contributed by atoms with Crippen LogP contribution in [0.2, 0.25) is 0 Å². The molecule has 0 aromatic heterocycles. The van der Waals surface area contributed by atoms with Gasteiger partial charge in [0.15, 0.2) is 5.96 Å². The molecule has 1 heterocycles. The van der Waals surface area contributed by atoms with Crippen molar-refractivity contribution in [3.8, 4) is 0 Å². The number of carbonyl (C=O) groups excluding carboxylic acids is 1. The molecule has 6 nitrogen and oxygen atoms in total. The van der Waals surface area contributed by atoms with E-state index in [0.29, 0.717) is 26.2 Å². The van der Waals surface area contributed by atoms with Crippen LogP contribution < -0.4 is 10.6 Å². The van der Waals surface area contributed by atoms with E-state index in [0.717, 1.165) is 32.0 Å². The standard InChI is InChI=1S/C19H30N4O2.HI/c1-3-18(24)23-12-10-17(14-23)22-19(20-4-2)21-11-13-25-15-16-8-6-5-7-9-16;/h5-9,17H,3-4,10-15H2,1-2H3,(H2,20,21,22);1H. The second-order valence-corrected chi connectivity index (χ2v) is 6.12. The Balaban J connectivity index is 0.00000338. The number of nitrogens with one attached hydrogen (secondary N) is 2. The zero-order chi connectivity index (χ0) is 17.9. The van der Waals surface area contributed by atoms with Crippen molar-refractivity contribution in [1.29, 1.82) is 0 Å². The minimum Gasteiger partial charge on any atom is -0.375 e. The Hall–Kier alpha value is -1.35. The van der Waals surface area contributed by atoms with Gasteiger partial charge in [-0.05, 0) is 18.9 Å². The summed E-state index contributed by atoms with van der Waals surface area (Å²) in [6.45, 7) is 8.13. The topological polar surface area (TPSA) is 66.0 Å². The van der Waals surface area contributed by atoms with Gasteiger partial charge < -0.3 is 20.3 Å². The lowest BCUT2D eigenvalue weighted by Gasteiger charge is -2.18. The molecule has 1 amide bonds. The zero-order valence-corrected chi connectivity index (χ0v) is 18.1. The van der Waals surface area contributed by atoms with E-state index >= 15 is 0 Å². The third-order valence-corrected chi connectivity index (χ3v) is 4.15. The van der Waals surface area contributed by atoms with Gasteiger partial charge in [0, 0.05) is 32.1 Å². The van der Waals surface area contributed by atoms with E-state index in [1.54, 1.807) is 0 Å². The molecule has 1 atom stereocenters. The molecular formula is C19H31IN4O2. The van der Waals surface area contributed by atoms with Crippen molar-refractivity contribution in [2.45, 2.75) is 39.3 Å². The van der Waals surface area contributed by atoms with E-state index in [9.17, 15) is 4.79 Å². The quantitative estimate of drug-likeness (QED) is 0.263. The molecule has 0 saturated carbocycles. The van der Waals surface area contributed by atoms with Crippen molar-refractivity contribution in [2.24, 2.45) is 4.99 Å². The Kier molecular flexibility index (Phi) is 11.3. The molecule has 0 spiro atoms. The van der Waals surface area contributed by atoms with E-state index in [2.05, 4.69) is 27.8 Å². The summed E-state index contributed by atoms with van der Waals surface area (Å²) in [5.74, 6) is 1.02. The summed E-state index contributed by atoms with van der Waals surface area (Å²) in [6, 6.07) is 10.4. The largest absolute Gasteiger partial charge is 0.375 e. The molecule has 0 aliphatic carbocycles. The molecule has 146 valence electrons. The van der Waals surface area contributed by atoms with Crippen LogP contribution in [0.15, 0.2) is 35.3 Å². The Morgan fingerprint density at radius 2 is 2.08 bits per heavy atom. The first kappa shape index (κ1) is 22.7. The first-order valence-corrected chi connectivity index (χ1v) is 9.17. The van der Waals surface area contributed by atoms with Gasteiger partial charge in [0.25, 0.3) is 0 Å². The highest BCUT2D eigenvalue weighted by Crippen LogP contribution is 2.10. The monoisotopic (exact) mass is 474 g/mol. The minimum atomic E-state index is 0. The zero-order valence-electron chi connectivity index (χ0n) is 15.7. The van der Waals surface area contributed by atoms with Crippen LogP contribution in [0.3, 0.4) is 0 Å². The normalized spacial score (nSPS) is 16.9. The fraction of sp³-hybridized carbons (Fsp3) is 0.579. The summed E-state index contributed by atoms with van der Waals surface area (Å²) in [6.07, 6.45) is 1.53. The average Bonchev–Trinajstić information content (AvgIpc) is 3.10. The van der Waals surface area contributed by atoms with Gasteiger partial charge in [-0.15, -0.1) is 24.0 Å². The summed E-state index contributed by atoms with van der Waals surface area (Å²) < 4.78 is 5.67. The SMILES string of the molecule is CCNC(=NCCOCc1ccccc1)NC1CCN(C(=O)CC)C1.I. The minimum absolute atomic E-state index is 0. The third kappa shape index (κ3) is 7.90. The van der Waals surface area contributed by atoms with E-state index in [1.165, 1.54) is 5.56 Å². The number of hydrogen-bond donors (Lipinski definition) is 2. The lowest BCUT2D eigenvalue weighted by molar-refractivity contribution is -0.129. The molecule has 1 aliphatic heterocycles. The molecule has 1 aliphatic rings. The summed E-state index contributed by atoms with van der Waals surface area (Å²) in [5, 5.41) is 6.68. The van der Waals surface area contributed by atoms with Gasteiger partial charge in [-0.1, -0.05) is 37.3 Å². The second kappa shape index (κ2) is 12.9. The lowest BCUT2D eigenvalue weighted by atomic mass is 10.2. The summed E-state index contributed by atoms with van der Waals surface area (Å²) in [4.78, 5) is 18.3. The summed E-state index contributed by atoms with van der Waals surface area (Å²) in [7, 11) is 0. The van der Waals surface area contributed by atoms with Crippen LogP contribution in [-0.4, -0.2) is 55.6 Å². The number of guanidine groups is 1. The smallest absolute Gasteiger partial charge is 0.222 e. The lowest BCUT2D eigenvalue weighted by Crippen LogP contribution is -2.45. The highest BCUT2D eigenvalue weighted by Gasteiger charge is 2.25. The number of likely N-dealkylation sites (tertiary alicyclic amines) is 1. The number of benzene rings is 1. The number of amides is 1. The maximum Gasteiger partial charge on any atom is 0.222 e. The van der Waals surface area contributed by atoms with Crippen molar-refractivity contribution in [3.05, 3.63) is 35.9 Å². The first-order valence-electron chi connectivity index (χ1n) is 9.17. The molecule has 2 N–H and O–H groups in total. The number of rotatable bonds is 8. The Morgan fingerprint density at radius 3 is 2.77 bits per heavy atom. The van der Waals surface area contributed by atoms with Crippen LogP contribution in [0.1, 0.15) is 32.3 Å². The average molecular weight is 474 g/mol. The fourth-order valence-electron chi connectivity index (χ4n) is 2.83. The van der Waals surface area contributed by atoms with Crippen molar-refractivity contribution in [2.75, 3.05) is 32.8 Å². The van der Waals surface area contributed by atoms with E-state index in [-0.39, 0.29) is 35.9 Å². The van der Waals surface area contributed by atoms with Crippen LogP contribution in [0, 0.1) is 0 Å². The van der Waals surface area contributed by atoms with Gasteiger partial charge in [0.2, 0.25) is 5.91 Å². The third-order valence-electron chi connectivity index (χ3n) is 4.15. The van der Waals surface area contributed by atoms with Crippen molar-refractivity contribution in [1.82, 2.24) is 15.5 Å². The number of ether oxygens (including phenoxy) is 1. The molecule has 1 unspecified atom stereocenters. The molecule has 1 fully saturated rings. The van der Waals surface area contributed by atoms with Gasteiger partial charge in [-0.25, -0.2) is 0 Å². The Morgan fingerprint density at radius 1 is 1.31 bits per heavy atom. The van der Waals surface area contributed by atoms with Crippen LogP contribution in [0.4, 0.5) is 0 Å². The predicted octanol–water partition coefficient (Wildman–Crippen LogP) is 2.39. The van der Waals surface area contributed by atoms with Crippen molar-refractivity contribution >= 4 is 35.8 Å². The fourth-order valence-corrected chi connectivity index (χ4v) is 2.83. The summed E-state index contributed by atoms with van der Waals surface area (Å²) in [5.41, 5.74) is 1.17. The Bertz CT molecular complexity index is 554. The van der Waals surface area contributed by atoms with Crippen LogP contribution in [0.5, 0.6) is 0 Å². The van der Waals surface area contributed by atoms with E-state index in [4.69, 9.17) is 4.74 Å². The maximum absolute atomic E-state index is 11.8. The number of nitrogens with zero attached hydrogens (tertiary/aromatic N) is 2. The predicted molar refractivity (Wildman–Crippen MR) is 116 cm³/mol. The van der Waals surface area contributed by atoms with E-state index < -0.39 is 0 Å². The molecule has 7 heteroatoms. The molecule has 1 saturated heterocycles. The Labute approximate surface area is 173 Å². The van der Waals surface area contributed by atoms with Gasteiger partial charge in [-0.3, -0.25) is 9.79 Å². The molecule has 1 aromatic rings. The highest BCUT2D eigenvalue weighted by atomic mass is 127. The number of halogens is 1. The van der Waals surface area contributed by atoms with Crippen LogP contribution in [0.25, 0.3) is 0 Å². The van der Waals surface area contributed by atoms with E-state index in [1.807, 2.05) is 36.9 Å². The molecular weight excluding hydrogens is 443 g/mol. The molecule has 0 radical (unpaired) electrons. The molecule has 2 rings (SSSR count). The van der Waals surface area contributed by atoms with Crippen LogP contribution in [-0.2, 0) is 16.1 Å². The van der Waals surface area contributed by atoms with Crippen molar-refractivity contribution in [3.63, 3.8) is 0 Å². The second-order valence-electron chi connectivity index (χ2n) is 6.12. The van der Waals surface area contributed by atoms with Gasteiger partial charge in [-0.2, -0.15) is 0 Å². The molecule has 26 heavy (non-hydrogen) atoms. The summed E-state index contributed by atoms with van der Waals surface area (Å²) >= 11 is 0. The number of hydrogen-bond acceptors (Lipinski definition) is 3. The van der Waals surface area contributed by atoms with Crippen molar-refractivity contribution < 1.29 is 9.53 Å². The van der Waals surface area contributed by atoms with Crippen LogP contribution >= 0.6 is 24.0 Å². The highest BCUT2D eigenvalue weighted by molar-refractivity contribution is 14.0. The number of aliphatic imine (C=N–C) groups is 1. The molecule has 1 aromatic carbocycles. The first-order chi connectivity index (χ1) is 12.2. The van der Waals surface area contributed by atoms with Gasteiger partial charge >= 0.3 is 0 Å². The van der Waals surface area contributed by atoms with Gasteiger partial charge in [0.05, 0.1) is 19.8 Å². The molecule has 0 bridgehead atoms. The maximum atomic E-state index is 11.8.